The molecule has 3 aromatic rings. The molecule has 0 heterocycles. The summed E-state index contributed by atoms with van der Waals surface area (Å²) < 4.78 is 19.4. The summed E-state index contributed by atoms with van der Waals surface area (Å²) in [6.45, 7) is -0.265. The van der Waals surface area contributed by atoms with E-state index in [1.54, 1.807) is 0 Å². The molecule has 0 unspecified atom stereocenters. The van der Waals surface area contributed by atoms with E-state index in [9.17, 15) is 14.0 Å². The van der Waals surface area contributed by atoms with Gasteiger partial charge in [-0.1, -0.05) is 71.7 Å². The van der Waals surface area contributed by atoms with E-state index in [0.717, 1.165) is 22.3 Å². The van der Waals surface area contributed by atoms with Crippen LogP contribution in [0.1, 0.15) is 17.0 Å². The Morgan fingerprint density at radius 2 is 1.55 bits per heavy atom. The molecule has 0 radical (unpaired) electrons. The molecular weight excluding hydrogens is 442 g/mol. The molecule has 2 amide bonds. The minimum atomic E-state index is -0.844. The van der Waals surface area contributed by atoms with Crippen molar-refractivity contribution in [1.29, 1.82) is 0 Å². The zero-order chi connectivity index (χ0) is 22.0. The van der Waals surface area contributed by atoms with Crippen molar-refractivity contribution >= 4 is 40.9 Å². The van der Waals surface area contributed by atoms with Gasteiger partial charge in [0.05, 0.1) is 15.7 Å². The number of hydrogen-bond acceptors (Lipinski definition) is 3. The number of alkyl carbamates (subject to hydrolysis) is 1. The number of amides is 2. The highest BCUT2D eigenvalue weighted by molar-refractivity contribution is 6.42. The Hall–Kier alpha value is -3.09. The molecule has 0 saturated heterocycles. The summed E-state index contributed by atoms with van der Waals surface area (Å²) in [5.74, 6) is -1.56. The lowest BCUT2D eigenvalue weighted by Gasteiger charge is -2.14. The van der Waals surface area contributed by atoms with Crippen LogP contribution in [0.3, 0.4) is 0 Å². The zero-order valence-corrected chi connectivity index (χ0v) is 17.6. The van der Waals surface area contributed by atoms with Gasteiger partial charge in [-0.3, -0.25) is 4.79 Å². The fraction of sp³-hybridized carbons (Fsp3) is 0.130. The van der Waals surface area contributed by atoms with E-state index in [0.29, 0.717) is 0 Å². The molecule has 2 N–H and O–H groups in total. The largest absolute Gasteiger partial charge is 0.449 e. The van der Waals surface area contributed by atoms with Crippen LogP contribution in [0.4, 0.5) is 14.9 Å². The number of hydrogen-bond donors (Lipinski definition) is 2. The summed E-state index contributed by atoms with van der Waals surface area (Å²) in [5.41, 5.74) is 4.28. The molecular formula is C23H17Cl2FN2O3. The fourth-order valence-electron chi connectivity index (χ4n) is 3.62. The van der Waals surface area contributed by atoms with Crippen LogP contribution < -0.4 is 10.6 Å². The van der Waals surface area contributed by atoms with Gasteiger partial charge in [0.1, 0.15) is 13.2 Å². The van der Waals surface area contributed by atoms with Crippen molar-refractivity contribution in [1.82, 2.24) is 5.32 Å². The van der Waals surface area contributed by atoms with Crippen LogP contribution in [-0.4, -0.2) is 25.2 Å². The minimum absolute atomic E-state index is 0.0360. The van der Waals surface area contributed by atoms with E-state index in [2.05, 4.69) is 10.6 Å². The molecule has 3 aromatic carbocycles. The van der Waals surface area contributed by atoms with E-state index in [-0.39, 0.29) is 28.3 Å². The summed E-state index contributed by atoms with van der Waals surface area (Å²) in [5, 5.41) is 4.44. The maximum atomic E-state index is 14.0. The van der Waals surface area contributed by atoms with Crippen LogP contribution >= 0.6 is 23.2 Å². The Morgan fingerprint density at radius 3 is 2.19 bits per heavy atom. The van der Waals surface area contributed by atoms with Crippen molar-refractivity contribution in [3.05, 3.63) is 87.7 Å². The lowest BCUT2D eigenvalue weighted by molar-refractivity contribution is -0.115. The first-order chi connectivity index (χ1) is 15.0. The number of rotatable bonds is 5. The van der Waals surface area contributed by atoms with Gasteiger partial charge in [-0.25, -0.2) is 9.18 Å². The summed E-state index contributed by atoms with van der Waals surface area (Å²) in [7, 11) is 0. The smallest absolute Gasteiger partial charge is 0.407 e. The third kappa shape index (κ3) is 4.36. The molecule has 1 aliphatic rings. The Labute approximate surface area is 188 Å². The quantitative estimate of drug-likeness (QED) is 0.488. The van der Waals surface area contributed by atoms with Gasteiger partial charge >= 0.3 is 6.09 Å². The molecule has 0 bridgehead atoms. The van der Waals surface area contributed by atoms with Crippen molar-refractivity contribution in [2.75, 3.05) is 18.5 Å². The summed E-state index contributed by atoms with van der Waals surface area (Å²) >= 11 is 11.4. The third-order valence-corrected chi connectivity index (χ3v) is 5.83. The van der Waals surface area contributed by atoms with E-state index < -0.39 is 24.4 Å². The number of fused-ring (bicyclic) bond motifs is 3. The lowest BCUT2D eigenvalue weighted by atomic mass is 9.98. The van der Waals surface area contributed by atoms with Gasteiger partial charge in [-0.15, -0.1) is 0 Å². The molecule has 0 aromatic heterocycles. The summed E-state index contributed by atoms with van der Waals surface area (Å²) in [4.78, 5) is 24.1. The lowest BCUT2D eigenvalue weighted by Crippen LogP contribution is -2.34. The van der Waals surface area contributed by atoms with Crippen LogP contribution in [0.15, 0.2) is 60.7 Å². The SMILES string of the molecule is O=C(CNC(=O)OCC1c2ccccc2-c2ccccc21)Nc1ccc(Cl)c(Cl)c1F. The summed E-state index contributed by atoms with van der Waals surface area (Å²) in [6, 6.07) is 18.6. The average Bonchev–Trinajstić information content (AvgIpc) is 3.10. The monoisotopic (exact) mass is 458 g/mol. The van der Waals surface area contributed by atoms with Crippen molar-refractivity contribution in [3.63, 3.8) is 0 Å². The first kappa shape index (κ1) is 21.2. The van der Waals surface area contributed by atoms with Crippen LogP contribution in [0, 0.1) is 5.82 Å². The highest BCUT2D eigenvalue weighted by atomic mass is 35.5. The Morgan fingerprint density at radius 1 is 0.935 bits per heavy atom. The highest BCUT2D eigenvalue weighted by Gasteiger charge is 2.29. The topological polar surface area (TPSA) is 67.4 Å². The minimum Gasteiger partial charge on any atom is -0.449 e. The Balaban J connectivity index is 1.33. The second kappa shape index (κ2) is 8.96. The number of anilines is 1. The predicted octanol–water partition coefficient (Wildman–Crippen LogP) is 5.61. The summed E-state index contributed by atoms with van der Waals surface area (Å²) in [6.07, 6.45) is -0.744. The van der Waals surface area contributed by atoms with E-state index in [1.165, 1.54) is 12.1 Å². The van der Waals surface area contributed by atoms with Crippen LogP contribution in [0.5, 0.6) is 0 Å². The normalized spacial score (nSPS) is 12.1. The Bertz CT molecular complexity index is 1120. The Kier molecular flexibility index (Phi) is 6.11. The van der Waals surface area contributed by atoms with Crippen LogP contribution in [-0.2, 0) is 9.53 Å². The van der Waals surface area contributed by atoms with Gasteiger partial charge in [-0.05, 0) is 34.4 Å². The fourth-order valence-corrected chi connectivity index (χ4v) is 3.93. The molecule has 0 saturated carbocycles. The van der Waals surface area contributed by atoms with Crippen molar-refractivity contribution < 1.29 is 18.7 Å². The molecule has 0 fully saturated rings. The van der Waals surface area contributed by atoms with Crippen molar-refractivity contribution in [3.8, 4) is 11.1 Å². The molecule has 31 heavy (non-hydrogen) atoms. The second-order valence-electron chi connectivity index (χ2n) is 6.95. The van der Waals surface area contributed by atoms with Crippen LogP contribution in [0.2, 0.25) is 10.0 Å². The number of halogens is 3. The maximum absolute atomic E-state index is 14.0. The van der Waals surface area contributed by atoms with E-state index in [1.807, 2.05) is 48.5 Å². The van der Waals surface area contributed by atoms with Crippen molar-refractivity contribution in [2.24, 2.45) is 0 Å². The molecule has 158 valence electrons. The predicted molar refractivity (Wildman–Crippen MR) is 118 cm³/mol. The van der Waals surface area contributed by atoms with Crippen molar-refractivity contribution in [2.45, 2.75) is 5.92 Å². The zero-order valence-electron chi connectivity index (χ0n) is 16.1. The van der Waals surface area contributed by atoms with Gasteiger partial charge in [0.15, 0.2) is 5.82 Å². The average molecular weight is 459 g/mol. The van der Waals surface area contributed by atoms with Gasteiger partial charge in [0.25, 0.3) is 0 Å². The first-order valence-electron chi connectivity index (χ1n) is 9.48. The van der Waals surface area contributed by atoms with E-state index >= 15 is 0 Å². The first-order valence-corrected chi connectivity index (χ1v) is 10.2. The van der Waals surface area contributed by atoms with Crippen LogP contribution in [0.25, 0.3) is 11.1 Å². The molecule has 5 nitrogen and oxygen atoms in total. The number of ether oxygens (including phenoxy) is 1. The third-order valence-electron chi connectivity index (χ3n) is 5.05. The van der Waals surface area contributed by atoms with E-state index in [4.69, 9.17) is 27.9 Å². The van der Waals surface area contributed by atoms with Gasteiger partial charge in [-0.2, -0.15) is 0 Å². The molecule has 0 atom stereocenters. The number of carbonyl (C=O) groups excluding carboxylic acids is 2. The maximum Gasteiger partial charge on any atom is 0.407 e. The van der Waals surface area contributed by atoms with Gasteiger partial charge in [0.2, 0.25) is 5.91 Å². The standard InChI is InChI=1S/C23H17Cl2FN2O3/c24-18-9-10-19(22(26)21(18)25)28-20(29)11-27-23(30)31-12-17-15-7-3-1-5-13(15)14-6-2-4-8-16(14)17/h1-10,17H,11-12H2,(H,27,30)(H,28,29). The van der Waals surface area contributed by atoms with Gasteiger partial charge < -0.3 is 15.4 Å². The highest BCUT2D eigenvalue weighted by Crippen LogP contribution is 2.44. The molecule has 8 heteroatoms. The molecule has 0 spiro atoms. The number of benzene rings is 3. The number of nitrogens with one attached hydrogen (secondary N) is 2. The molecule has 1 aliphatic carbocycles. The number of carbonyl (C=O) groups is 2. The molecule has 0 aliphatic heterocycles. The molecule has 4 rings (SSSR count). The second-order valence-corrected chi connectivity index (χ2v) is 7.74. The van der Waals surface area contributed by atoms with Gasteiger partial charge in [0, 0.05) is 5.92 Å².